The van der Waals surface area contributed by atoms with E-state index >= 15 is 0 Å². The van der Waals surface area contributed by atoms with E-state index in [2.05, 4.69) is 15.9 Å². The molecule has 0 N–H and O–H groups in total. The molecule has 0 saturated heterocycles. The van der Waals surface area contributed by atoms with Gasteiger partial charge in [-0.1, -0.05) is 27.5 Å². The van der Waals surface area contributed by atoms with Crippen LogP contribution in [0.1, 0.15) is 16.8 Å². The van der Waals surface area contributed by atoms with Crippen LogP contribution in [0, 0.1) is 0 Å². The number of benzene rings is 1. The van der Waals surface area contributed by atoms with Gasteiger partial charge in [-0.15, -0.1) is 0 Å². The van der Waals surface area contributed by atoms with Gasteiger partial charge >= 0.3 is 0 Å². The van der Waals surface area contributed by atoms with E-state index in [1.807, 2.05) is 6.07 Å². The second kappa shape index (κ2) is 7.43. The maximum Gasteiger partial charge on any atom is 0.261 e. The predicted octanol–water partition coefficient (Wildman–Crippen LogP) is 4.22. The minimum Gasteiger partial charge on any atom is -0.486 e. The molecule has 0 radical (unpaired) electrons. The molecule has 1 aliphatic heterocycles. The molecule has 0 aliphatic carbocycles. The van der Waals surface area contributed by atoms with Crippen LogP contribution in [-0.4, -0.2) is 32.9 Å². The molecular formula is C13H14BrClF2O3. The van der Waals surface area contributed by atoms with Crippen LogP contribution in [0.4, 0.5) is 8.78 Å². The van der Waals surface area contributed by atoms with Crippen LogP contribution >= 0.6 is 27.5 Å². The molecule has 0 fully saturated rings. The van der Waals surface area contributed by atoms with Crippen molar-refractivity contribution in [1.29, 1.82) is 0 Å². The lowest BCUT2D eigenvalue weighted by molar-refractivity contribution is 0.0167. The van der Waals surface area contributed by atoms with Gasteiger partial charge in [0.1, 0.15) is 19.8 Å². The minimum atomic E-state index is -2.44. The summed E-state index contributed by atoms with van der Waals surface area (Å²) in [5.41, 5.74) is 0.830. The second-order valence-corrected chi connectivity index (χ2v) is 5.75. The van der Waals surface area contributed by atoms with Crippen molar-refractivity contribution in [3.63, 3.8) is 0 Å². The Bertz CT molecular complexity index is 459. The van der Waals surface area contributed by atoms with Crippen molar-refractivity contribution in [1.82, 2.24) is 0 Å². The number of hydrogen-bond acceptors (Lipinski definition) is 3. The zero-order valence-corrected chi connectivity index (χ0v) is 12.9. The monoisotopic (exact) mass is 370 g/mol. The maximum absolute atomic E-state index is 11.9. The molecule has 0 aromatic heterocycles. The van der Waals surface area contributed by atoms with E-state index in [9.17, 15) is 8.78 Å². The van der Waals surface area contributed by atoms with Crippen LogP contribution in [0.3, 0.4) is 0 Å². The lowest BCUT2D eigenvalue weighted by Crippen LogP contribution is -2.15. The van der Waals surface area contributed by atoms with E-state index < -0.39 is 13.0 Å². The van der Waals surface area contributed by atoms with Gasteiger partial charge in [-0.2, -0.15) is 0 Å². The van der Waals surface area contributed by atoms with Gasteiger partial charge in [-0.3, -0.25) is 0 Å². The molecule has 1 unspecified atom stereocenters. The first-order valence-corrected chi connectivity index (χ1v) is 7.46. The summed E-state index contributed by atoms with van der Waals surface area (Å²) in [5, 5.41) is 0.546. The van der Waals surface area contributed by atoms with Gasteiger partial charge in [0.2, 0.25) is 0 Å². The van der Waals surface area contributed by atoms with Gasteiger partial charge in [-0.25, -0.2) is 8.78 Å². The Hall–Kier alpha value is -0.590. The quantitative estimate of drug-likeness (QED) is 0.553. The van der Waals surface area contributed by atoms with Crippen molar-refractivity contribution in [2.45, 2.75) is 17.7 Å². The third-order valence-electron chi connectivity index (χ3n) is 2.76. The van der Waals surface area contributed by atoms with E-state index in [1.54, 1.807) is 6.07 Å². The molecular weight excluding hydrogens is 357 g/mol. The maximum atomic E-state index is 11.9. The van der Waals surface area contributed by atoms with E-state index in [4.69, 9.17) is 25.8 Å². The average Bonchev–Trinajstić information content (AvgIpc) is 2.42. The number of hydrogen-bond donors (Lipinski definition) is 0. The molecule has 2 rings (SSSR count). The molecule has 1 heterocycles. The Morgan fingerprint density at radius 1 is 1.25 bits per heavy atom. The molecule has 0 saturated carbocycles. The Kier molecular flexibility index (Phi) is 5.86. The highest BCUT2D eigenvalue weighted by atomic mass is 79.9. The van der Waals surface area contributed by atoms with Crippen LogP contribution in [-0.2, 0) is 4.74 Å². The fourth-order valence-corrected chi connectivity index (χ4v) is 2.82. The molecule has 0 bridgehead atoms. The molecule has 7 heteroatoms. The van der Waals surface area contributed by atoms with Crippen LogP contribution in [0.5, 0.6) is 11.5 Å². The van der Waals surface area contributed by atoms with Crippen LogP contribution in [0.15, 0.2) is 12.1 Å². The normalized spacial score (nSPS) is 15.4. The predicted molar refractivity (Wildman–Crippen MR) is 75.6 cm³/mol. The van der Waals surface area contributed by atoms with E-state index in [0.717, 1.165) is 5.56 Å². The smallest absolute Gasteiger partial charge is 0.261 e. The first-order chi connectivity index (χ1) is 9.58. The lowest BCUT2D eigenvalue weighted by Gasteiger charge is -2.21. The summed E-state index contributed by atoms with van der Waals surface area (Å²) in [6, 6.07) is 3.52. The molecule has 3 nitrogen and oxygen atoms in total. The molecule has 112 valence electrons. The molecule has 0 spiro atoms. The fraction of sp³-hybridized carbons (Fsp3) is 0.538. The topological polar surface area (TPSA) is 27.7 Å². The summed E-state index contributed by atoms with van der Waals surface area (Å²) in [7, 11) is 0. The Morgan fingerprint density at radius 2 is 1.90 bits per heavy atom. The SMILES string of the molecule is FC(F)COCCC(Br)c1cc2c(cc1Cl)OCCO2. The van der Waals surface area contributed by atoms with Crippen molar-refractivity contribution in [2.75, 3.05) is 26.4 Å². The third kappa shape index (κ3) is 4.20. The zero-order chi connectivity index (χ0) is 14.5. The lowest BCUT2D eigenvalue weighted by atomic mass is 10.1. The van der Waals surface area contributed by atoms with Gasteiger partial charge in [0.15, 0.2) is 11.5 Å². The number of rotatable bonds is 6. The highest BCUT2D eigenvalue weighted by molar-refractivity contribution is 9.09. The first-order valence-electron chi connectivity index (χ1n) is 6.17. The van der Waals surface area contributed by atoms with Gasteiger partial charge in [0, 0.05) is 22.5 Å². The molecule has 1 aromatic carbocycles. The minimum absolute atomic E-state index is 0.0940. The number of fused-ring (bicyclic) bond motifs is 1. The van der Waals surface area contributed by atoms with Crippen LogP contribution in [0.2, 0.25) is 5.02 Å². The summed E-state index contributed by atoms with van der Waals surface area (Å²) in [6.07, 6.45) is -1.91. The van der Waals surface area contributed by atoms with Gasteiger partial charge in [0.05, 0.1) is 0 Å². The standard InChI is InChI=1S/C13H14BrClF2O3/c14-9(1-2-18-7-13(16)17)8-5-11-12(6-10(8)15)20-4-3-19-11/h5-6,9,13H,1-4,7H2. The third-order valence-corrected chi connectivity index (χ3v) is 4.04. The molecule has 20 heavy (non-hydrogen) atoms. The number of halogens is 4. The van der Waals surface area contributed by atoms with Crippen molar-refractivity contribution in [3.05, 3.63) is 22.7 Å². The summed E-state index contributed by atoms with van der Waals surface area (Å²) in [5.74, 6) is 1.27. The largest absolute Gasteiger partial charge is 0.486 e. The summed E-state index contributed by atoms with van der Waals surface area (Å²) in [4.78, 5) is -0.0940. The van der Waals surface area contributed by atoms with Crippen molar-refractivity contribution >= 4 is 27.5 Å². The average molecular weight is 372 g/mol. The summed E-state index contributed by atoms with van der Waals surface area (Å²) >= 11 is 9.68. The van der Waals surface area contributed by atoms with Gasteiger partial charge in [-0.05, 0) is 18.1 Å². The summed E-state index contributed by atoms with van der Waals surface area (Å²) in [6.45, 7) is 0.681. The molecule has 1 aliphatic rings. The Morgan fingerprint density at radius 3 is 2.55 bits per heavy atom. The first kappa shape index (κ1) is 15.8. The highest BCUT2D eigenvalue weighted by Gasteiger charge is 2.19. The Balaban J connectivity index is 1.97. The second-order valence-electron chi connectivity index (χ2n) is 4.24. The molecule has 1 atom stereocenters. The van der Waals surface area contributed by atoms with E-state index in [1.165, 1.54) is 0 Å². The van der Waals surface area contributed by atoms with E-state index in [0.29, 0.717) is 36.2 Å². The van der Waals surface area contributed by atoms with Crippen LogP contribution < -0.4 is 9.47 Å². The molecule has 0 amide bonds. The number of alkyl halides is 3. The van der Waals surface area contributed by atoms with Gasteiger partial charge in [0.25, 0.3) is 6.43 Å². The highest BCUT2D eigenvalue weighted by Crippen LogP contribution is 2.40. The van der Waals surface area contributed by atoms with Crippen molar-refractivity contribution in [2.24, 2.45) is 0 Å². The number of ether oxygens (including phenoxy) is 3. The van der Waals surface area contributed by atoms with Crippen LogP contribution in [0.25, 0.3) is 0 Å². The molecule has 1 aromatic rings. The van der Waals surface area contributed by atoms with Crippen molar-refractivity contribution in [3.8, 4) is 11.5 Å². The Labute approximate surface area is 129 Å². The van der Waals surface area contributed by atoms with E-state index in [-0.39, 0.29) is 11.4 Å². The zero-order valence-electron chi connectivity index (χ0n) is 10.6. The summed E-state index contributed by atoms with van der Waals surface area (Å²) < 4.78 is 39.7. The van der Waals surface area contributed by atoms with Crippen molar-refractivity contribution < 1.29 is 23.0 Å². The fourth-order valence-electron chi connectivity index (χ4n) is 1.83. The van der Waals surface area contributed by atoms with Gasteiger partial charge < -0.3 is 14.2 Å².